The van der Waals surface area contributed by atoms with Gasteiger partial charge in [0.1, 0.15) is 0 Å². The van der Waals surface area contributed by atoms with Crippen molar-refractivity contribution in [2.24, 2.45) is 0 Å². The second-order valence-electron chi connectivity index (χ2n) is 2.72. The second-order valence-corrected chi connectivity index (χ2v) is 4.63. The maximum atomic E-state index is 11.2. The Kier molecular flexibility index (Phi) is 3.19. The summed E-state index contributed by atoms with van der Waals surface area (Å²) < 4.78 is 0. The van der Waals surface area contributed by atoms with Gasteiger partial charge in [0.15, 0.2) is 5.41 Å². The molecule has 5 heteroatoms. The van der Waals surface area contributed by atoms with Crippen molar-refractivity contribution in [1.82, 2.24) is 10.3 Å². The molecule has 1 rings (SSSR count). The van der Waals surface area contributed by atoms with E-state index >= 15 is 0 Å². The predicted octanol–water partition coefficient (Wildman–Crippen LogP) is -1.28. The van der Waals surface area contributed by atoms with Gasteiger partial charge in [-0.3, -0.25) is 9.59 Å². The molecule has 2 N–H and O–H groups in total. The van der Waals surface area contributed by atoms with Gasteiger partial charge < -0.3 is 10.3 Å². The van der Waals surface area contributed by atoms with Gasteiger partial charge in [0.05, 0.1) is 6.04 Å². The van der Waals surface area contributed by atoms with Crippen molar-refractivity contribution in [1.29, 1.82) is 0 Å². The Bertz CT molecular complexity index is 148. The zero-order valence-corrected chi connectivity index (χ0v) is 7.75. The quantitative estimate of drug-likeness (QED) is 0.522. The molecular weight excluding hydrogens is 160 g/mol. The van der Waals surface area contributed by atoms with E-state index in [4.69, 9.17) is 0 Å². The highest BCUT2D eigenvalue weighted by Crippen LogP contribution is 2.05. The van der Waals surface area contributed by atoms with Crippen LogP contribution in [0.5, 0.6) is 0 Å². The van der Waals surface area contributed by atoms with Gasteiger partial charge >= 0.3 is 9.20 Å². The molecule has 0 spiro atoms. The predicted molar refractivity (Wildman–Crippen MR) is 42.9 cm³/mol. The molecule has 1 aliphatic rings. The highest BCUT2D eigenvalue weighted by Gasteiger charge is 2.29. The van der Waals surface area contributed by atoms with Gasteiger partial charge in [-0.15, -0.1) is 0 Å². The third-order valence-corrected chi connectivity index (χ3v) is 3.37. The third-order valence-electron chi connectivity index (χ3n) is 1.92. The number of carbonyl (C=O) groups excluding carboxylic acids is 1. The van der Waals surface area contributed by atoms with Gasteiger partial charge in [0, 0.05) is 0 Å². The smallest absolute Gasteiger partial charge is 0.314 e. The Hall–Kier alpha value is -0.233. The van der Waals surface area contributed by atoms with Gasteiger partial charge in [0.2, 0.25) is 0 Å². The molecule has 0 bridgehead atoms. The standard InChI is InChI=1S/C6H13N2O2Si/c1-7-11(10)6(9)5-3-2-4-8-5/h5,7-8,11H,2-4H2,1H3/t5-,11?/m0/s1. The van der Waals surface area contributed by atoms with Gasteiger partial charge in [-0.05, 0) is 26.4 Å². The van der Waals surface area contributed by atoms with Crippen molar-refractivity contribution in [3.63, 3.8) is 0 Å². The van der Waals surface area contributed by atoms with Crippen molar-refractivity contribution >= 4 is 14.6 Å². The fraction of sp³-hybridized carbons (Fsp3) is 0.833. The molecule has 1 radical (unpaired) electrons. The highest BCUT2D eigenvalue weighted by molar-refractivity contribution is 6.83. The lowest BCUT2D eigenvalue weighted by molar-refractivity contribution is -0.115. The lowest BCUT2D eigenvalue weighted by Gasteiger charge is -2.09. The summed E-state index contributed by atoms with van der Waals surface area (Å²) in [5, 5.41) is 2.90. The monoisotopic (exact) mass is 173 g/mol. The van der Waals surface area contributed by atoms with E-state index in [1.54, 1.807) is 7.05 Å². The molecule has 0 aromatic carbocycles. The maximum Gasteiger partial charge on any atom is 0.365 e. The average molecular weight is 173 g/mol. The second kappa shape index (κ2) is 3.96. The van der Waals surface area contributed by atoms with Crippen LogP contribution in [0, 0.1) is 0 Å². The van der Waals surface area contributed by atoms with E-state index in [-0.39, 0.29) is 11.4 Å². The Labute approximate surface area is 67.8 Å². The summed E-state index contributed by atoms with van der Waals surface area (Å²) in [5.41, 5.74) is 0. The van der Waals surface area contributed by atoms with Gasteiger partial charge in [-0.2, -0.15) is 0 Å². The first-order valence-electron chi connectivity index (χ1n) is 3.86. The van der Waals surface area contributed by atoms with Crippen LogP contribution in [0.15, 0.2) is 0 Å². The molecule has 0 aromatic heterocycles. The highest BCUT2D eigenvalue weighted by atomic mass is 28.3. The molecular formula is C6H13N2O2Si. The lowest BCUT2D eigenvalue weighted by Crippen LogP contribution is -2.47. The molecule has 1 aliphatic heterocycles. The Balaban J connectivity index is 2.39. The maximum absolute atomic E-state index is 11.2. The molecule has 63 valence electrons. The zero-order chi connectivity index (χ0) is 8.27. The van der Waals surface area contributed by atoms with E-state index in [9.17, 15) is 9.59 Å². The molecule has 1 saturated heterocycles. The van der Waals surface area contributed by atoms with E-state index in [0.29, 0.717) is 0 Å². The van der Waals surface area contributed by atoms with E-state index in [0.717, 1.165) is 19.4 Å². The van der Waals surface area contributed by atoms with E-state index in [2.05, 4.69) is 10.3 Å². The van der Waals surface area contributed by atoms with Crippen LogP contribution in [0.1, 0.15) is 12.8 Å². The van der Waals surface area contributed by atoms with Crippen molar-refractivity contribution < 1.29 is 9.59 Å². The minimum absolute atomic E-state index is 0.120. The molecule has 0 aromatic rings. The average Bonchev–Trinajstić information content (AvgIpc) is 2.53. The van der Waals surface area contributed by atoms with Crippen LogP contribution in [0.2, 0.25) is 0 Å². The normalized spacial score (nSPS) is 26.9. The fourth-order valence-corrected chi connectivity index (χ4v) is 2.19. The van der Waals surface area contributed by atoms with Crippen molar-refractivity contribution in [3.05, 3.63) is 0 Å². The lowest BCUT2D eigenvalue weighted by atomic mass is 10.2. The number of nitrogens with one attached hydrogen (secondary N) is 2. The van der Waals surface area contributed by atoms with Crippen molar-refractivity contribution in [2.75, 3.05) is 13.6 Å². The molecule has 0 aliphatic carbocycles. The third kappa shape index (κ3) is 2.10. The number of hydrogen-bond donors (Lipinski definition) is 2. The molecule has 0 amide bonds. The molecule has 1 fully saturated rings. The van der Waals surface area contributed by atoms with Gasteiger partial charge in [-0.25, -0.2) is 0 Å². The summed E-state index contributed by atoms with van der Waals surface area (Å²) >= 11 is 0. The molecule has 4 nitrogen and oxygen atoms in total. The van der Waals surface area contributed by atoms with Crippen molar-refractivity contribution in [3.8, 4) is 0 Å². The van der Waals surface area contributed by atoms with Crippen LogP contribution < -0.4 is 10.3 Å². The van der Waals surface area contributed by atoms with Crippen LogP contribution in [-0.2, 0) is 9.59 Å². The van der Waals surface area contributed by atoms with E-state index in [1.807, 2.05) is 0 Å². The van der Waals surface area contributed by atoms with Crippen molar-refractivity contribution in [2.45, 2.75) is 18.9 Å². The molecule has 1 unspecified atom stereocenters. The molecule has 0 saturated carbocycles. The van der Waals surface area contributed by atoms with Gasteiger partial charge in [0.25, 0.3) is 0 Å². The largest absolute Gasteiger partial charge is 0.365 e. The Morgan fingerprint density at radius 3 is 2.91 bits per heavy atom. The van der Waals surface area contributed by atoms with E-state index < -0.39 is 9.20 Å². The number of hydrogen-bond acceptors (Lipinski definition) is 3. The van der Waals surface area contributed by atoms with Crippen LogP contribution >= 0.6 is 0 Å². The number of rotatable bonds is 3. The molecule has 2 atom stereocenters. The fourth-order valence-electron chi connectivity index (χ4n) is 1.25. The molecule has 1 heterocycles. The topological polar surface area (TPSA) is 61.0 Å². The number of carbonyl (C=O) groups is 1. The van der Waals surface area contributed by atoms with Gasteiger partial charge in [-0.1, -0.05) is 0 Å². The Morgan fingerprint density at radius 1 is 1.73 bits per heavy atom. The minimum atomic E-state index is -2.53. The minimum Gasteiger partial charge on any atom is -0.314 e. The summed E-state index contributed by atoms with van der Waals surface area (Å²) in [4.78, 5) is 24.8. The first kappa shape index (κ1) is 8.86. The Morgan fingerprint density at radius 2 is 2.45 bits per heavy atom. The summed E-state index contributed by atoms with van der Waals surface area (Å²) in [6, 6.07) is -0.142. The van der Waals surface area contributed by atoms with Crippen LogP contribution in [0.25, 0.3) is 0 Å². The summed E-state index contributed by atoms with van der Waals surface area (Å²) in [6.45, 7) is 0.876. The zero-order valence-electron chi connectivity index (χ0n) is 6.59. The van der Waals surface area contributed by atoms with E-state index in [1.165, 1.54) is 0 Å². The summed E-state index contributed by atoms with van der Waals surface area (Å²) in [5.74, 6) is 0. The summed E-state index contributed by atoms with van der Waals surface area (Å²) in [7, 11) is -0.964. The van der Waals surface area contributed by atoms with Crippen LogP contribution in [0.4, 0.5) is 0 Å². The first-order valence-corrected chi connectivity index (χ1v) is 5.48. The summed E-state index contributed by atoms with van der Waals surface area (Å²) in [6.07, 6.45) is 1.85. The SMILES string of the molecule is CN[SiH]([O])C(=O)[C@@H]1CCCN1. The molecule has 11 heavy (non-hydrogen) atoms. The van der Waals surface area contributed by atoms with Crippen LogP contribution in [0.3, 0.4) is 0 Å². The van der Waals surface area contributed by atoms with Crippen LogP contribution in [-0.4, -0.2) is 34.2 Å². The first-order chi connectivity index (χ1) is 5.25.